The van der Waals surface area contributed by atoms with Crippen molar-refractivity contribution < 1.29 is 0 Å². The minimum Gasteiger partial charge on any atom is -0.350 e. The first kappa shape index (κ1) is 11.3. The Labute approximate surface area is 104 Å². The second-order valence-electron chi connectivity index (χ2n) is 5.62. The molecule has 0 spiro atoms. The lowest BCUT2D eigenvalue weighted by atomic mass is 9.94. The van der Waals surface area contributed by atoms with Gasteiger partial charge in [0.2, 0.25) is 0 Å². The molecular weight excluding hydrogens is 210 g/mol. The van der Waals surface area contributed by atoms with Gasteiger partial charge < -0.3 is 15.2 Å². The van der Waals surface area contributed by atoms with Gasteiger partial charge in [-0.3, -0.25) is 0 Å². The van der Waals surface area contributed by atoms with E-state index in [1.807, 2.05) is 0 Å². The van der Waals surface area contributed by atoms with E-state index in [0.29, 0.717) is 0 Å². The van der Waals surface area contributed by atoms with Gasteiger partial charge in [-0.15, -0.1) is 0 Å². The Hall–Kier alpha value is -0.800. The van der Waals surface area contributed by atoms with Gasteiger partial charge in [0.05, 0.1) is 0 Å². The van der Waals surface area contributed by atoms with Crippen molar-refractivity contribution in [3.8, 4) is 0 Å². The van der Waals surface area contributed by atoms with Crippen LogP contribution in [0.4, 0.5) is 0 Å². The number of likely N-dealkylation sites (N-methyl/N-ethyl adjacent to an activating group) is 1. The largest absolute Gasteiger partial charge is 0.350 e. The average Bonchev–Trinajstić information content (AvgIpc) is 3.08. The van der Waals surface area contributed by atoms with Crippen LogP contribution >= 0.6 is 0 Å². The molecule has 2 aliphatic rings. The zero-order chi connectivity index (χ0) is 11.8. The molecule has 94 valence electrons. The molecule has 0 bridgehead atoms. The SMILES string of the molecule is CN(CCn1ccc2c1CCCC2N)C1CC1. The number of aromatic nitrogens is 1. The van der Waals surface area contributed by atoms with E-state index in [0.717, 1.165) is 19.0 Å². The monoisotopic (exact) mass is 233 g/mol. The van der Waals surface area contributed by atoms with Gasteiger partial charge in [-0.05, 0) is 50.8 Å². The van der Waals surface area contributed by atoms with Gasteiger partial charge in [-0.1, -0.05) is 0 Å². The molecule has 1 atom stereocenters. The molecule has 3 nitrogen and oxygen atoms in total. The Kier molecular flexibility index (Phi) is 2.97. The molecule has 0 aromatic carbocycles. The van der Waals surface area contributed by atoms with Gasteiger partial charge in [-0.25, -0.2) is 0 Å². The Balaban J connectivity index is 1.66. The highest BCUT2D eigenvalue weighted by atomic mass is 15.2. The van der Waals surface area contributed by atoms with Crippen LogP contribution in [0.15, 0.2) is 12.3 Å². The summed E-state index contributed by atoms with van der Waals surface area (Å²) in [7, 11) is 2.25. The molecule has 1 unspecified atom stereocenters. The van der Waals surface area contributed by atoms with Crippen molar-refractivity contribution in [2.45, 2.75) is 50.7 Å². The minimum atomic E-state index is 0.279. The maximum Gasteiger partial charge on any atom is 0.0350 e. The summed E-state index contributed by atoms with van der Waals surface area (Å²) in [5, 5.41) is 0. The van der Waals surface area contributed by atoms with E-state index >= 15 is 0 Å². The number of nitrogens with two attached hydrogens (primary N) is 1. The van der Waals surface area contributed by atoms with Crippen molar-refractivity contribution >= 4 is 0 Å². The summed E-state index contributed by atoms with van der Waals surface area (Å²) in [6, 6.07) is 3.38. The molecule has 1 heterocycles. The van der Waals surface area contributed by atoms with Crippen molar-refractivity contribution in [3.63, 3.8) is 0 Å². The molecule has 3 rings (SSSR count). The number of hydrogen-bond donors (Lipinski definition) is 1. The fourth-order valence-electron chi connectivity index (χ4n) is 2.97. The Morgan fingerprint density at radius 3 is 3.00 bits per heavy atom. The van der Waals surface area contributed by atoms with Crippen LogP contribution in [0.25, 0.3) is 0 Å². The van der Waals surface area contributed by atoms with Crippen LogP contribution in [0.2, 0.25) is 0 Å². The molecule has 17 heavy (non-hydrogen) atoms. The Morgan fingerprint density at radius 2 is 2.24 bits per heavy atom. The van der Waals surface area contributed by atoms with E-state index in [-0.39, 0.29) is 6.04 Å². The molecule has 0 amide bonds. The maximum absolute atomic E-state index is 6.15. The summed E-state index contributed by atoms with van der Waals surface area (Å²) < 4.78 is 2.42. The molecule has 3 heteroatoms. The van der Waals surface area contributed by atoms with Crippen molar-refractivity contribution in [2.75, 3.05) is 13.6 Å². The van der Waals surface area contributed by atoms with Gasteiger partial charge >= 0.3 is 0 Å². The highest BCUT2D eigenvalue weighted by Crippen LogP contribution is 2.29. The fraction of sp³-hybridized carbons (Fsp3) is 0.714. The third-order valence-corrected chi connectivity index (χ3v) is 4.31. The summed E-state index contributed by atoms with van der Waals surface area (Å²) in [5.41, 5.74) is 9.04. The molecule has 1 saturated carbocycles. The molecule has 1 aromatic rings. The summed E-state index contributed by atoms with van der Waals surface area (Å²) in [4.78, 5) is 2.50. The number of hydrogen-bond acceptors (Lipinski definition) is 2. The van der Waals surface area contributed by atoms with Crippen LogP contribution in [0.1, 0.15) is 43.0 Å². The van der Waals surface area contributed by atoms with Crippen LogP contribution in [0, 0.1) is 0 Å². The van der Waals surface area contributed by atoms with Gasteiger partial charge in [0, 0.05) is 37.1 Å². The first-order valence-corrected chi connectivity index (χ1v) is 6.89. The predicted octanol–water partition coefficient (Wildman–Crippen LogP) is 1.92. The van der Waals surface area contributed by atoms with E-state index < -0.39 is 0 Å². The van der Waals surface area contributed by atoms with Gasteiger partial charge in [0.25, 0.3) is 0 Å². The lowest BCUT2D eigenvalue weighted by Gasteiger charge is -2.22. The lowest BCUT2D eigenvalue weighted by molar-refractivity contribution is 0.307. The fourth-order valence-corrected chi connectivity index (χ4v) is 2.97. The van der Waals surface area contributed by atoms with Crippen LogP contribution < -0.4 is 5.73 Å². The highest BCUT2D eigenvalue weighted by molar-refractivity contribution is 5.28. The first-order chi connectivity index (χ1) is 8.25. The van der Waals surface area contributed by atoms with Crippen LogP contribution in [-0.2, 0) is 13.0 Å². The standard InChI is InChI=1S/C14H23N3/c1-16(11-5-6-11)9-10-17-8-7-12-13(15)3-2-4-14(12)17/h7-8,11,13H,2-6,9-10,15H2,1H3. The van der Waals surface area contributed by atoms with Crippen LogP contribution in [-0.4, -0.2) is 29.1 Å². The van der Waals surface area contributed by atoms with Gasteiger partial charge in [0.15, 0.2) is 0 Å². The van der Waals surface area contributed by atoms with E-state index in [2.05, 4.69) is 28.8 Å². The van der Waals surface area contributed by atoms with Crippen molar-refractivity contribution in [1.29, 1.82) is 0 Å². The minimum absolute atomic E-state index is 0.279. The molecule has 2 N–H and O–H groups in total. The first-order valence-electron chi connectivity index (χ1n) is 6.89. The van der Waals surface area contributed by atoms with Crippen molar-refractivity contribution in [1.82, 2.24) is 9.47 Å². The second kappa shape index (κ2) is 4.46. The van der Waals surface area contributed by atoms with Gasteiger partial charge in [-0.2, -0.15) is 0 Å². The zero-order valence-corrected chi connectivity index (χ0v) is 10.7. The number of rotatable bonds is 4. The van der Waals surface area contributed by atoms with E-state index in [4.69, 9.17) is 5.73 Å². The van der Waals surface area contributed by atoms with Crippen molar-refractivity contribution in [2.24, 2.45) is 5.73 Å². The van der Waals surface area contributed by atoms with Gasteiger partial charge in [0.1, 0.15) is 0 Å². The quantitative estimate of drug-likeness (QED) is 0.862. The molecule has 2 aliphatic carbocycles. The topological polar surface area (TPSA) is 34.2 Å². The smallest absolute Gasteiger partial charge is 0.0350 e. The Bertz CT molecular complexity index is 392. The highest BCUT2D eigenvalue weighted by Gasteiger charge is 2.26. The summed E-state index contributed by atoms with van der Waals surface area (Å²) in [5.74, 6) is 0. The van der Waals surface area contributed by atoms with E-state index in [1.54, 1.807) is 0 Å². The molecule has 0 saturated heterocycles. The van der Waals surface area contributed by atoms with Crippen LogP contribution in [0.5, 0.6) is 0 Å². The average molecular weight is 233 g/mol. The normalized spacial score (nSPS) is 24.1. The maximum atomic E-state index is 6.15. The van der Waals surface area contributed by atoms with E-state index in [9.17, 15) is 0 Å². The second-order valence-corrected chi connectivity index (χ2v) is 5.62. The van der Waals surface area contributed by atoms with Crippen molar-refractivity contribution in [3.05, 3.63) is 23.5 Å². The third kappa shape index (κ3) is 2.26. The summed E-state index contributed by atoms with van der Waals surface area (Å²) in [6.07, 6.45) is 8.63. The van der Waals surface area contributed by atoms with Crippen LogP contribution in [0.3, 0.4) is 0 Å². The lowest BCUT2D eigenvalue weighted by Crippen LogP contribution is -2.26. The molecule has 0 radical (unpaired) electrons. The zero-order valence-electron chi connectivity index (χ0n) is 10.7. The molecule has 1 fully saturated rings. The van der Waals surface area contributed by atoms with E-state index in [1.165, 1.54) is 43.5 Å². The predicted molar refractivity (Wildman–Crippen MR) is 70.0 cm³/mol. The summed E-state index contributed by atoms with van der Waals surface area (Å²) >= 11 is 0. The molecule has 0 aliphatic heterocycles. The third-order valence-electron chi connectivity index (χ3n) is 4.31. The Morgan fingerprint density at radius 1 is 1.41 bits per heavy atom. The number of nitrogens with zero attached hydrogens (tertiary/aromatic N) is 2. The molecular formula is C14H23N3. The number of fused-ring (bicyclic) bond motifs is 1. The summed E-state index contributed by atoms with van der Waals surface area (Å²) in [6.45, 7) is 2.29. The molecule has 1 aromatic heterocycles.